The van der Waals surface area contributed by atoms with Crippen molar-refractivity contribution in [1.82, 2.24) is 10.1 Å². The van der Waals surface area contributed by atoms with Crippen molar-refractivity contribution in [3.8, 4) is 11.5 Å². The van der Waals surface area contributed by atoms with Crippen molar-refractivity contribution in [2.24, 2.45) is 0 Å². The van der Waals surface area contributed by atoms with E-state index in [0.29, 0.717) is 11.7 Å². The summed E-state index contributed by atoms with van der Waals surface area (Å²) in [5.41, 5.74) is 2.19. The molecule has 1 aliphatic heterocycles. The highest BCUT2D eigenvalue weighted by atomic mass is 16.5. The number of benzene rings is 1. The van der Waals surface area contributed by atoms with Crippen LogP contribution in [0.4, 0.5) is 0 Å². The normalized spacial score (nSPS) is 19.9. The highest BCUT2D eigenvalue weighted by Crippen LogP contribution is 2.29. The highest BCUT2D eigenvalue weighted by Gasteiger charge is 2.16. The molecule has 4 nitrogen and oxygen atoms in total. The molecule has 0 saturated carbocycles. The van der Waals surface area contributed by atoms with E-state index in [-0.39, 0.29) is 6.10 Å². The number of hydrogen-bond donors (Lipinski definition) is 0. The molecule has 0 bridgehead atoms. The summed E-state index contributed by atoms with van der Waals surface area (Å²) in [4.78, 5) is 4.21. The van der Waals surface area contributed by atoms with Crippen LogP contribution in [0.15, 0.2) is 28.8 Å². The van der Waals surface area contributed by atoms with E-state index in [2.05, 4.69) is 22.3 Å². The molecule has 0 aliphatic carbocycles. The molecule has 4 heteroatoms. The molecular weight excluding hydrogens is 228 g/mol. The van der Waals surface area contributed by atoms with Crippen LogP contribution in [0.1, 0.15) is 36.8 Å². The molecule has 1 aliphatic rings. The molecule has 0 amide bonds. The van der Waals surface area contributed by atoms with Crippen LogP contribution in [0.5, 0.6) is 0 Å². The van der Waals surface area contributed by atoms with Crippen molar-refractivity contribution in [3.63, 3.8) is 0 Å². The van der Waals surface area contributed by atoms with E-state index < -0.39 is 0 Å². The third kappa shape index (κ3) is 2.29. The Kier molecular flexibility index (Phi) is 3.11. The van der Waals surface area contributed by atoms with Crippen LogP contribution in [0.3, 0.4) is 0 Å². The maximum atomic E-state index is 5.76. The minimum absolute atomic E-state index is 0.247. The van der Waals surface area contributed by atoms with Crippen LogP contribution in [0.2, 0.25) is 0 Å². The third-order valence-electron chi connectivity index (χ3n) is 3.24. The van der Waals surface area contributed by atoms with E-state index >= 15 is 0 Å². The fourth-order valence-corrected chi connectivity index (χ4v) is 2.26. The lowest BCUT2D eigenvalue weighted by Crippen LogP contribution is -2.11. The lowest BCUT2D eigenvalue weighted by atomic mass is 10.0. The quantitative estimate of drug-likeness (QED) is 0.813. The summed E-state index contributed by atoms with van der Waals surface area (Å²) in [6, 6.07) is 8.20. The summed E-state index contributed by atoms with van der Waals surface area (Å²) >= 11 is 0. The summed E-state index contributed by atoms with van der Waals surface area (Å²) in [5, 5.41) is 3.79. The van der Waals surface area contributed by atoms with Gasteiger partial charge < -0.3 is 9.26 Å². The van der Waals surface area contributed by atoms with E-state index in [4.69, 9.17) is 9.26 Å². The van der Waals surface area contributed by atoms with Crippen LogP contribution in [0.25, 0.3) is 11.5 Å². The van der Waals surface area contributed by atoms with Crippen molar-refractivity contribution in [2.45, 2.75) is 32.3 Å². The fourth-order valence-electron chi connectivity index (χ4n) is 2.26. The van der Waals surface area contributed by atoms with Crippen molar-refractivity contribution in [1.29, 1.82) is 0 Å². The van der Waals surface area contributed by atoms with Gasteiger partial charge in [-0.2, -0.15) is 4.98 Å². The van der Waals surface area contributed by atoms with Crippen LogP contribution in [0, 0.1) is 6.92 Å². The maximum absolute atomic E-state index is 5.76. The molecule has 1 fully saturated rings. The smallest absolute Gasteiger partial charge is 0.257 e. The van der Waals surface area contributed by atoms with Gasteiger partial charge in [0.2, 0.25) is 0 Å². The van der Waals surface area contributed by atoms with Crippen LogP contribution in [-0.4, -0.2) is 16.7 Å². The first-order chi connectivity index (χ1) is 8.83. The molecule has 0 spiro atoms. The van der Waals surface area contributed by atoms with E-state index in [1.807, 2.05) is 19.1 Å². The second-order valence-corrected chi connectivity index (χ2v) is 4.62. The first-order valence-electron chi connectivity index (χ1n) is 6.35. The predicted molar refractivity (Wildman–Crippen MR) is 67.0 cm³/mol. The zero-order chi connectivity index (χ0) is 12.4. The lowest BCUT2D eigenvalue weighted by molar-refractivity contribution is 0.0149. The lowest BCUT2D eigenvalue weighted by Gasteiger charge is -2.22. The molecule has 0 N–H and O–H groups in total. The topological polar surface area (TPSA) is 48.2 Å². The monoisotopic (exact) mass is 244 g/mol. The number of aryl methyl sites for hydroxylation is 1. The Balaban J connectivity index is 1.80. The van der Waals surface area contributed by atoms with Crippen molar-refractivity contribution < 1.29 is 9.26 Å². The number of hydrogen-bond acceptors (Lipinski definition) is 4. The summed E-state index contributed by atoms with van der Waals surface area (Å²) in [6.45, 7) is 2.69. The number of nitrogens with zero attached hydrogens (tertiary/aromatic N) is 2. The molecular formula is C14H16N2O2. The van der Waals surface area contributed by atoms with Gasteiger partial charge in [0.05, 0.1) is 6.10 Å². The van der Waals surface area contributed by atoms with E-state index in [0.717, 1.165) is 18.6 Å². The van der Waals surface area contributed by atoms with E-state index in [9.17, 15) is 0 Å². The predicted octanol–water partition coefficient (Wildman–Crippen LogP) is 3.29. The molecule has 2 heterocycles. The molecule has 94 valence electrons. The minimum atomic E-state index is 0.247. The number of aromatic nitrogens is 2. The largest absolute Gasteiger partial charge is 0.374 e. The van der Waals surface area contributed by atoms with Gasteiger partial charge in [-0.3, -0.25) is 0 Å². The third-order valence-corrected chi connectivity index (χ3v) is 3.24. The van der Waals surface area contributed by atoms with Crippen molar-refractivity contribution in [3.05, 3.63) is 35.7 Å². The molecule has 1 aromatic heterocycles. The zero-order valence-corrected chi connectivity index (χ0v) is 10.4. The zero-order valence-electron chi connectivity index (χ0n) is 10.4. The Hall–Kier alpha value is -1.68. The summed E-state index contributed by atoms with van der Waals surface area (Å²) < 4.78 is 10.9. The van der Waals surface area contributed by atoms with Gasteiger partial charge in [0, 0.05) is 12.2 Å². The maximum Gasteiger partial charge on any atom is 0.257 e. The molecule has 18 heavy (non-hydrogen) atoms. The summed E-state index contributed by atoms with van der Waals surface area (Å²) in [7, 11) is 0. The van der Waals surface area contributed by atoms with Gasteiger partial charge in [-0.25, -0.2) is 0 Å². The van der Waals surface area contributed by atoms with Gasteiger partial charge in [0.15, 0.2) is 5.82 Å². The minimum Gasteiger partial charge on any atom is -0.374 e. The molecule has 2 aromatic rings. The Bertz CT molecular complexity index is 513. The summed E-state index contributed by atoms with van der Waals surface area (Å²) in [6.07, 6.45) is 3.78. The Labute approximate surface area is 106 Å². The first-order valence-corrected chi connectivity index (χ1v) is 6.35. The van der Waals surface area contributed by atoms with Crippen LogP contribution < -0.4 is 0 Å². The Morgan fingerprint density at radius 1 is 1.17 bits per heavy atom. The molecule has 1 saturated heterocycles. The molecule has 1 aromatic carbocycles. The van der Waals surface area contributed by atoms with Crippen molar-refractivity contribution >= 4 is 0 Å². The van der Waals surface area contributed by atoms with Crippen LogP contribution >= 0.6 is 0 Å². The Morgan fingerprint density at radius 3 is 2.61 bits per heavy atom. The second-order valence-electron chi connectivity index (χ2n) is 4.62. The molecule has 3 rings (SSSR count). The van der Waals surface area contributed by atoms with Crippen LogP contribution in [-0.2, 0) is 4.74 Å². The molecule has 0 unspecified atom stereocenters. The van der Waals surface area contributed by atoms with Gasteiger partial charge >= 0.3 is 0 Å². The number of rotatable bonds is 2. The first kappa shape index (κ1) is 11.4. The Morgan fingerprint density at radius 2 is 2.00 bits per heavy atom. The molecule has 1 atom stereocenters. The van der Waals surface area contributed by atoms with E-state index in [1.165, 1.54) is 18.4 Å². The fraction of sp³-hybridized carbons (Fsp3) is 0.429. The number of ether oxygens (including phenoxy) is 1. The van der Waals surface area contributed by atoms with Crippen molar-refractivity contribution in [2.75, 3.05) is 6.61 Å². The highest BCUT2D eigenvalue weighted by molar-refractivity contribution is 5.53. The average Bonchev–Trinajstić information content (AvgIpc) is 2.87. The van der Waals surface area contributed by atoms with Gasteiger partial charge in [-0.15, -0.1) is 0 Å². The standard InChI is InChI=1S/C14H16N2O2/c1-10-15-14(18-16-10)12-7-5-11(6-8-12)13-4-2-3-9-17-13/h5-8,13H,2-4,9H2,1H3/t13-/m1/s1. The van der Waals surface area contributed by atoms with Gasteiger partial charge in [0.1, 0.15) is 0 Å². The summed E-state index contributed by atoms with van der Waals surface area (Å²) in [5.74, 6) is 1.23. The molecule has 0 radical (unpaired) electrons. The SMILES string of the molecule is Cc1noc(-c2ccc([C@H]3CCCCO3)cc2)n1. The van der Waals surface area contributed by atoms with Gasteiger partial charge in [-0.05, 0) is 43.9 Å². The second kappa shape index (κ2) is 4.90. The van der Waals surface area contributed by atoms with Gasteiger partial charge in [0.25, 0.3) is 5.89 Å². The van der Waals surface area contributed by atoms with E-state index in [1.54, 1.807) is 0 Å². The van der Waals surface area contributed by atoms with Gasteiger partial charge in [-0.1, -0.05) is 17.3 Å². The average molecular weight is 244 g/mol.